The fourth-order valence-corrected chi connectivity index (χ4v) is 2.16. The Morgan fingerprint density at radius 2 is 1.83 bits per heavy atom. The number of hydrogen-bond acceptors (Lipinski definition) is 4. The lowest BCUT2D eigenvalue weighted by atomic mass is 10.1. The average molecular weight is 250 g/mol. The van der Waals surface area contributed by atoms with Crippen LogP contribution in [0.4, 0.5) is 5.69 Å². The summed E-state index contributed by atoms with van der Waals surface area (Å²) in [4.78, 5) is 2.36. The lowest BCUT2D eigenvalue weighted by molar-refractivity contribution is 0.171. The molecule has 0 saturated heterocycles. The minimum Gasteiger partial charge on any atom is -0.486 e. The largest absolute Gasteiger partial charge is 0.486 e. The zero-order chi connectivity index (χ0) is 13.1. The predicted octanol–water partition coefficient (Wildman–Crippen LogP) is 2.27. The van der Waals surface area contributed by atoms with Crippen LogP contribution in [0.25, 0.3) is 0 Å². The minimum atomic E-state index is 0.502. The van der Waals surface area contributed by atoms with Crippen molar-refractivity contribution in [1.82, 2.24) is 4.90 Å². The van der Waals surface area contributed by atoms with Crippen molar-refractivity contribution in [2.45, 2.75) is 33.4 Å². The number of nitrogen functional groups attached to an aromatic ring is 1. The average Bonchev–Trinajstić information content (AvgIpc) is 2.35. The van der Waals surface area contributed by atoms with Gasteiger partial charge in [0, 0.05) is 24.3 Å². The van der Waals surface area contributed by atoms with E-state index in [0.717, 1.165) is 35.8 Å². The molecule has 0 bridgehead atoms. The molecule has 1 heterocycles. The first-order valence-corrected chi connectivity index (χ1v) is 6.53. The SMILES string of the molecule is CCN(Cc1cc2c(cc1N)OCCO2)C(C)C. The molecule has 0 spiro atoms. The summed E-state index contributed by atoms with van der Waals surface area (Å²) in [6, 6.07) is 4.38. The van der Waals surface area contributed by atoms with E-state index < -0.39 is 0 Å². The molecule has 1 aliphatic heterocycles. The number of fused-ring (bicyclic) bond motifs is 1. The van der Waals surface area contributed by atoms with E-state index in [1.54, 1.807) is 0 Å². The first-order chi connectivity index (χ1) is 8.61. The van der Waals surface area contributed by atoms with Crippen LogP contribution in [0.1, 0.15) is 26.3 Å². The number of rotatable bonds is 4. The Morgan fingerprint density at radius 3 is 2.39 bits per heavy atom. The highest BCUT2D eigenvalue weighted by molar-refractivity contribution is 5.58. The van der Waals surface area contributed by atoms with Gasteiger partial charge in [-0.1, -0.05) is 6.92 Å². The predicted molar refractivity (Wildman–Crippen MR) is 73.1 cm³/mol. The summed E-state index contributed by atoms with van der Waals surface area (Å²) in [6.07, 6.45) is 0. The smallest absolute Gasteiger partial charge is 0.163 e. The molecule has 4 nitrogen and oxygen atoms in total. The maximum absolute atomic E-state index is 6.09. The number of benzene rings is 1. The van der Waals surface area contributed by atoms with Gasteiger partial charge in [0.15, 0.2) is 11.5 Å². The minimum absolute atomic E-state index is 0.502. The molecule has 4 heteroatoms. The highest BCUT2D eigenvalue weighted by Crippen LogP contribution is 2.34. The van der Waals surface area contributed by atoms with Gasteiger partial charge < -0.3 is 15.2 Å². The summed E-state index contributed by atoms with van der Waals surface area (Å²) >= 11 is 0. The van der Waals surface area contributed by atoms with Gasteiger partial charge in [0.05, 0.1) is 0 Å². The Balaban J connectivity index is 2.22. The van der Waals surface area contributed by atoms with Crippen molar-refractivity contribution in [3.05, 3.63) is 17.7 Å². The quantitative estimate of drug-likeness (QED) is 0.833. The van der Waals surface area contributed by atoms with E-state index in [2.05, 4.69) is 25.7 Å². The van der Waals surface area contributed by atoms with Crippen LogP contribution < -0.4 is 15.2 Å². The summed E-state index contributed by atoms with van der Waals surface area (Å²) in [5, 5.41) is 0. The molecule has 1 aromatic carbocycles. The van der Waals surface area contributed by atoms with E-state index in [-0.39, 0.29) is 0 Å². The second-order valence-corrected chi connectivity index (χ2v) is 4.85. The summed E-state index contributed by atoms with van der Waals surface area (Å²) in [6.45, 7) is 9.60. The van der Waals surface area contributed by atoms with Crippen LogP contribution in [0.15, 0.2) is 12.1 Å². The highest BCUT2D eigenvalue weighted by Gasteiger charge is 2.16. The fraction of sp³-hybridized carbons (Fsp3) is 0.571. The van der Waals surface area contributed by atoms with E-state index >= 15 is 0 Å². The Labute approximate surface area is 109 Å². The number of nitrogens with two attached hydrogens (primary N) is 1. The Morgan fingerprint density at radius 1 is 1.22 bits per heavy atom. The van der Waals surface area contributed by atoms with Crippen molar-refractivity contribution in [3.63, 3.8) is 0 Å². The summed E-state index contributed by atoms with van der Waals surface area (Å²) in [7, 11) is 0. The van der Waals surface area contributed by atoms with Gasteiger partial charge in [-0.25, -0.2) is 0 Å². The van der Waals surface area contributed by atoms with E-state index in [1.165, 1.54) is 0 Å². The van der Waals surface area contributed by atoms with E-state index in [4.69, 9.17) is 15.2 Å². The molecule has 1 aromatic rings. The van der Waals surface area contributed by atoms with Crippen LogP contribution >= 0.6 is 0 Å². The van der Waals surface area contributed by atoms with Crippen molar-refractivity contribution in [1.29, 1.82) is 0 Å². The van der Waals surface area contributed by atoms with Gasteiger partial charge in [-0.15, -0.1) is 0 Å². The monoisotopic (exact) mass is 250 g/mol. The summed E-state index contributed by atoms with van der Waals surface area (Å²) < 4.78 is 11.1. The third-order valence-electron chi connectivity index (χ3n) is 3.31. The molecular weight excluding hydrogens is 228 g/mol. The number of nitrogens with zero attached hydrogens (tertiary/aromatic N) is 1. The van der Waals surface area contributed by atoms with Crippen LogP contribution in [0.3, 0.4) is 0 Å². The zero-order valence-electron chi connectivity index (χ0n) is 11.4. The van der Waals surface area contributed by atoms with Crippen molar-refractivity contribution in [2.24, 2.45) is 0 Å². The molecule has 0 aromatic heterocycles. The Kier molecular flexibility index (Phi) is 3.97. The van der Waals surface area contributed by atoms with Gasteiger partial charge in [-0.3, -0.25) is 4.90 Å². The van der Waals surface area contributed by atoms with Gasteiger partial charge in [0.2, 0.25) is 0 Å². The van der Waals surface area contributed by atoms with Crippen molar-refractivity contribution < 1.29 is 9.47 Å². The molecule has 0 amide bonds. The fourth-order valence-electron chi connectivity index (χ4n) is 2.16. The summed E-state index contributed by atoms with van der Waals surface area (Å²) in [5.41, 5.74) is 7.97. The second-order valence-electron chi connectivity index (χ2n) is 4.85. The van der Waals surface area contributed by atoms with Crippen LogP contribution in [-0.2, 0) is 6.54 Å². The first kappa shape index (κ1) is 13.0. The highest BCUT2D eigenvalue weighted by atomic mass is 16.6. The number of hydrogen-bond donors (Lipinski definition) is 1. The van der Waals surface area contributed by atoms with Crippen LogP contribution in [-0.4, -0.2) is 30.7 Å². The van der Waals surface area contributed by atoms with Gasteiger partial charge in [-0.05, 0) is 32.0 Å². The maximum Gasteiger partial charge on any atom is 0.163 e. The molecule has 18 heavy (non-hydrogen) atoms. The van der Waals surface area contributed by atoms with Gasteiger partial charge in [0.25, 0.3) is 0 Å². The van der Waals surface area contributed by atoms with Gasteiger partial charge >= 0.3 is 0 Å². The molecule has 0 fully saturated rings. The molecule has 1 aliphatic rings. The number of anilines is 1. The Hall–Kier alpha value is -1.42. The molecule has 100 valence electrons. The molecule has 2 rings (SSSR count). The van der Waals surface area contributed by atoms with Gasteiger partial charge in [0.1, 0.15) is 13.2 Å². The molecule has 0 atom stereocenters. The maximum atomic E-state index is 6.09. The van der Waals surface area contributed by atoms with E-state index in [0.29, 0.717) is 19.3 Å². The second kappa shape index (κ2) is 5.48. The van der Waals surface area contributed by atoms with Crippen molar-refractivity contribution >= 4 is 5.69 Å². The van der Waals surface area contributed by atoms with Gasteiger partial charge in [-0.2, -0.15) is 0 Å². The van der Waals surface area contributed by atoms with E-state index in [9.17, 15) is 0 Å². The van der Waals surface area contributed by atoms with Crippen LogP contribution in [0.5, 0.6) is 11.5 Å². The standard InChI is InChI=1S/C14H22N2O2/c1-4-16(10(2)3)9-11-7-13-14(8-12(11)15)18-6-5-17-13/h7-8,10H,4-6,9,15H2,1-3H3. The van der Waals surface area contributed by atoms with Crippen LogP contribution in [0.2, 0.25) is 0 Å². The number of ether oxygens (including phenoxy) is 2. The first-order valence-electron chi connectivity index (χ1n) is 6.53. The summed E-state index contributed by atoms with van der Waals surface area (Å²) in [5.74, 6) is 1.57. The molecule has 0 unspecified atom stereocenters. The molecule has 0 radical (unpaired) electrons. The normalized spacial score (nSPS) is 14.3. The van der Waals surface area contributed by atoms with Crippen LogP contribution in [0, 0.1) is 0 Å². The third kappa shape index (κ3) is 2.70. The molecule has 0 saturated carbocycles. The van der Waals surface area contributed by atoms with E-state index in [1.807, 2.05) is 12.1 Å². The zero-order valence-corrected chi connectivity index (χ0v) is 11.4. The molecular formula is C14H22N2O2. The Bertz CT molecular complexity index is 419. The lowest BCUT2D eigenvalue weighted by Crippen LogP contribution is -2.30. The topological polar surface area (TPSA) is 47.7 Å². The van der Waals surface area contributed by atoms with Crippen molar-refractivity contribution in [2.75, 3.05) is 25.5 Å². The lowest BCUT2D eigenvalue weighted by Gasteiger charge is -2.26. The third-order valence-corrected chi connectivity index (χ3v) is 3.31. The van der Waals surface area contributed by atoms with Crippen molar-refractivity contribution in [3.8, 4) is 11.5 Å². The molecule has 2 N–H and O–H groups in total. The molecule has 0 aliphatic carbocycles.